The Morgan fingerprint density at radius 2 is 1.31 bits per heavy atom. The van der Waals surface area contributed by atoms with Crippen LogP contribution in [-0.4, -0.2) is 15.2 Å². The lowest BCUT2D eigenvalue weighted by atomic mass is 10.0. The summed E-state index contributed by atoms with van der Waals surface area (Å²) in [4.78, 5) is 4.76. The normalized spacial score (nSPS) is 10.5. The Hall–Kier alpha value is -3.53. The van der Waals surface area contributed by atoms with Gasteiger partial charge in [-0.05, 0) is 24.6 Å². The van der Waals surface area contributed by atoms with Gasteiger partial charge in [0.05, 0.1) is 0 Å². The fraction of sp³-hybridized carbons (Fsp3) is 0.0455. The van der Waals surface area contributed by atoms with E-state index in [1.165, 1.54) is 5.56 Å². The van der Waals surface area contributed by atoms with E-state index in [2.05, 4.69) is 34.6 Å². The van der Waals surface area contributed by atoms with Crippen LogP contribution in [0.15, 0.2) is 84.9 Å². The average Bonchev–Trinajstić information content (AvgIpc) is 2.69. The van der Waals surface area contributed by atoms with Crippen molar-refractivity contribution in [3.63, 3.8) is 0 Å². The molecule has 0 bridgehead atoms. The summed E-state index contributed by atoms with van der Waals surface area (Å²) in [6.45, 7) is 2.05. The molecule has 4 heteroatoms. The molecule has 0 unspecified atom stereocenters. The summed E-state index contributed by atoms with van der Waals surface area (Å²) < 4.78 is 0. The van der Waals surface area contributed by atoms with Gasteiger partial charge in [0.15, 0.2) is 0 Å². The van der Waals surface area contributed by atoms with Crippen molar-refractivity contribution in [2.24, 2.45) is 0 Å². The van der Waals surface area contributed by atoms with E-state index < -0.39 is 0 Å². The molecule has 0 radical (unpaired) electrons. The number of hydrogen-bond donors (Lipinski definition) is 1. The topological polar surface area (TPSA) is 50.7 Å². The molecule has 3 aromatic carbocycles. The van der Waals surface area contributed by atoms with Crippen molar-refractivity contribution >= 4 is 11.6 Å². The molecule has 126 valence electrons. The third-order valence-corrected chi connectivity index (χ3v) is 4.06. The maximum atomic E-state index is 4.76. The summed E-state index contributed by atoms with van der Waals surface area (Å²) >= 11 is 0. The van der Waals surface area contributed by atoms with Crippen LogP contribution in [0.2, 0.25) is 0 Å². The zero-order valence-electron chi connectivity index (χ0n) is 14.4. The highest BCUT2D eigenvalue weighted by atomic mass is 15.2. The Morgan fingerprint density at radius 1 is 0.654 bits per heavy atom. The summed E-state index contributed by atoms with van der Waals surface area (Å²) in [5.41, 5.74) is 5.70. The van der Waals surface area contributed by atoms with Crippen LogP contribution in [-0.2, 0) is 0 Å². The minimum atomic E-state index is 0.481. The molecule has 26 heavy (non-hydrogen) atoms. The van der Waals surface area contributed by atoms with Gasteiger partial charge in [0.25, 0.3) is 0 Å². The van der Waals surface area contributed by atoms with E-state index in [1.54, 1.807) is 0 Å². The van der Waals surface area contributed by atoms with E-state index in [4.69, 9.17) is 4.98 Å². The number of rotatable bonds is 4. The van der Waals surface area contributed by atoms with Crippen LogP contribution in [0.4, 0.5) is 11.6 Å². The summed E-state index contributed by atoms with van der Waals surface area (Å²) in [7, 11) is 0. The molecule has 4 nitrogen and oxygen atoms in total. The van der Waals surface area contributed by atoms with Gasteiger partial charge in [-0.1, -0.05) is 72.8 Å². The molecule has 0 aliphatic carbocycles. The number of aryl methyl sites for hydroxylation is 1. The molecule has 4 aromatic rings. The molecule has 0 aliphatic heterocycles. The number of aromatic nitrogens is 3. The van der Waals surface area contributed by atoms with Crippen LogP contribution in [0.3, 0.4) is 0 Å². The van der Waals surface area contributed by atoms with Crippen molar-refractivity contribution in [3.05, 3.63) is 90.5 Å². The molecule has 1 N–H and O–H groups in total. The Morgan fingerprint density at radius 3 is 1.96 bits per heavy atom. The Bertz CT molecular complexity index is 1010. The lowest BCUT2D eigenvalue weighted by Gasteiger charge is -2.11. The van der Waals surface area contributed by atoms with Crippen molar-refractivity contribution in [2.45, 2.75) is 6.92 Å². The van der Waals surface area contributed by atoms with Gasteiger partial charge in [0, 0.05) is 16.8 Å². The maximum Gasteiger partial charge on any atom is 0.247 e. The van der Waals surface area contributed by atoms with Crippen LogP contribution in [0, 0.1) is 6.92 Å². The first kappa shape index (κ1) is 16.0. The molecule has 0 atom stereocenters. The van der Waals surface area contributed by atoms with Crippen LogP contribution >= 0.6 is 0 Å². The molecular formula is C22H18N4. The zero-order chi connectivity index (χ0) is 17.8. The van der Waals surface area contributed by atoms with Gasteiger partial charge < -0.3 is 5.32 Å². The number of benzene rings is 3. The van der Waals surface area contributed by atoms with Crippen molar-refractivity contribution in [2.75, 3.05) is 5.32 Å². The summed E-state index contributed by atoms with van der Waals surface area (Å²) in [6, 6.07) is 28.2. The highest BCUT2D eigenvalue weighted by Crippen LogP contribution is 2.29. The third kappa shape index (κ3) is 3.44. The van der Waals surface area contributed by atoms with Crippen LogP contribution in [0.25, 0.3) is 22.5 Å². The highest BCUT2D eigenvalue weighted by Gasteiger charge is 2.13. The second kappa shape index (κ2) is 7.15. The first-order valence-corrected chi connectivity index (χ1v) is 8.49. The van der Waals surface area contributed by atoms with E-state index in [1.807, 2.05) is 72.8 Å². The van der Waals surface area contributed by atoms with Crippen molar-refractivity contribution in [1.29, 1.82) is 0 Å². The Kier molecular flexibility index (Phi) is 4.39. The van der Waals surface area contributed by atoms with E-state index >= 15 is 0 Å². The number of hydrogen-bond acceptors (Lipinski definition) is 4. The quantitative estimate of drug-likeness (QED) is 0.551. The average molecular weight is 338 g/mol. The fourth-order valence-corrected chi connectivity index (χ4v) is 2.82. The predicted molar refractivity (Wildman–Crippen MR) is 105 cm³/mol. The van der Waals surface area contributed by atoms with Gasteiger partial charge in [-0.15, -0.1) is 10.2 Å². The standard InChI is InChI=1S/C22H18N4/c1-16-9-8-14-19(15-16)23-22-24-20(17-10-4-2-5-11-17)21(25-26-22)18-12-6-3-7-13-18/h2-15H,1H3,(H,23,24,26). The number of nitrogens with one attached hydrogen (secondary N) is 1. The second-order valence-corrected chi connectivity index (χ2v) is 6.06. The Labute approximate surface area is 152 Å². The first-order chi connectivity index (χ1) is 12.8. The first-order valence-electron chi connectivity index (χ1n) is 8.49. The monoisotopic (exact) mass is 338 g/mol. The van der Waals surface area contributed by atoms with Crippen molar-refractivity contribution in [3.8, 4) is 22.5 Å². The molecule has 0 saturated carbocycles. The molecule has 0 spiro atoms. The second-order valence-electron chi connectivity index (χ2n) is 6.06. The SMILES string of the molecule is Cc1cccc(Nc2nnc(-c3ccccc3)c(-c3ccccc3)n2)c1. The number of anilines is 2. The molecular weight excluding hydrogens is 320 g/mol. The fourth-order valence-electron chi connectivity index (χ4n) is 2.82. The van der Waals surface area contributed by atoms with Crippen LogP contribution < -0.4 is 5.32 Å². The summed E-state index contributed by atoms with van der Waals surface area (Å²) in [6.07, 6.45) is 0. The lowest BCUT2D eigenvalue weighted by Crippen LogP contribution is -2.03. The molecule has 4 rings (SSSR count). The van der Waals surface area contributed by atoms with Gasteiger partial charge in [-0.25, -0.2) is 4.98 Å². The van der Waals surface area contributed by atoms with Gasteiger partial charge in [0.2, 0.25) is 5.95 Å². The molecule has 0 fully saturated rings. The molecule has 0 aliphatic rings. The minimum Gasteiger partial charge on any atom is -0.323 e. The van der Waals surface area contributed by atoms with Crippen LogP contribution in [0.5, 0.6) is 0 Å². The maximum absolute atomic E-state index is 4.76. The number of nitrogens with zero attached hydrogens (tertiary/aromatic N) is 3. The predicted octanol–water partition coefficient (Wildman–Crippen LogP) is 5.26. The van der Waals surface area contributed by atoms with E-state index in [-0.39, 0.29) is 0 Å². The van der Waals surface area contributed by atoms with E-state index in [9.17, 15) is 0 Å². The molecule has 0 amide bonds. The van der Waals surface area contributed by atoms with Gasteiger partial charge in [0.1, 0.15) is 11.4 Å². The third-order valence-electron chi connectivity index (χ3n) is 4.06. The highest BCUT2D eigenvalue weighted by molar-refractivity contribution is 5.78. The Balaban J connectivity index is 1.79. The van der Waals surface area contributed by atoms with Gasteiger partial charge in [-0.3, -0.25) is 0 Å². The van der Waals surface area contributed by atoms with Crippen LogP contribution in [0.1, 0.15) is 5.56 Å². The molecule has 1 heterocycles. The zero-order valence-corrected chi connectivity index (χ0v) is 14.4. The van der Waals surface area contributed by atoms with E-state index in [0.29, 0.717) is 5.95 Å². The van der Waals surface area contributed by atoms with Crippen molar-refractivity contribution < 1.29 is 0 Å². The largest absolute Gasteiger partial charge is 0.323 e. The van der Waals surface area contributed by atoms with E-state index in [0.717, 1.165) is 28.2 Å². The lowest BCUT2D eigenvalue weighted by molar-refractivity contribution is 0.990. The van der Waals surface area contributed by atoms with Gasteiger partial charge in [-0.2, -0.15) is 0 Å². The van der Waals surface area contributed by atoms with Gasteiger partial charge >= 0.3 is 0 Å². The molecule has 1 aromatic heterocycles. The molecule has 0 saturated heterocycles. The smallest absolute Gasteiger partial charge is 0.247 e. The summed E-state index contributed by atoms with van der Waals surface area (Å²) in [5.74, 6) is 0.481. The summed E-state index contributed by atoms with van der Waals surface area (Å²) in [5, 5.41) is 12.0. The minimum absolute atomic E-state index is 0.481. The van der Waals surface area contributed by atoms with Crippen molar-refractivity contribution in [1.82, 2.24) is 15.2 Å².